The number of carbonyl (C=O) groups excluding carboxylic acids is 1. The van der Waals surface area contributed by atoms with Gasteiger partial charge in [-0.15, -0.1) is 12.4 Å². The number of nitrogens with two attached hydrogens (primary N) is 1. The molecule has 2 fully saturated rings. The van der Waals surface area contributed by atoms with E-state index in [1.54, 1.807) is 6.07 Å². The third-order valence-corrected chi connectivity index (χ3v) is 5.21. The van der Waals surface area contributed by atoms with Gasteiger partial charge in [0.25, 0.3) is 0 Å². The van der Waals surface area contributed by atoms with E-state index in [1.807, 2.05) is 23.1 Å². The van der Waals surface area contributed by atoms with Gasteiger partial charge in [-0.2, -0.15) is 0 Å². The first kappa shape index (κ1) is 18.4. The van der Waals surface area contributed by atoms with Gasteiger partial charge in [0.1, 0.15) is 5.75 Å². The molecule has 0 radical (unpaired) electrons. The number of likely N-dealkylation sites (tertiary alicyclic amines) is 1. The number of amides is 1. The topological polar surface area (TPSA) is 55.6 Å². The van der Waals surface area contributed by atoms with Gasteiger partial charge < -0.3 is 15.4 Å². The van der Waals surface area contributed by atoms with Gasteiger partial charge in [-0.3, -0.25) is 4.79 Å². The second-order valence-corrected chi connectivity index (χ2v) is 6.75. The molecule has 6 heteroatoms. The molecule has 4 nitrogen and oxygen atoms in total. The Bertz CT molecular complexity index is 541. The Morgan fingerprint density at radius 2 is 2.09 bits per heavy atom. The Balaban J connectivity index is 0.00000192. The van der Waals surface area contributed by atoms with Crippen LogP contribution in [0, 0.1) is 11.8 Å². The lowest BCUT2D eigenvalue weighted by Crippen LogP contribution is -2.33. The molecule has 1 aromatic rings. The SMILES string of the molecule is Cl.NC1CCC2CN(C(=O)CCCOc3ccccc3Cl)CC12. The standard InChI is InChI=1S/C17H23ClN2O2.ClH/c18-14-4-1-2-5-16(14)22-9-3-6-17(21)20-10-12-7-8-15(19)13(12)11-20;/h1-2,4-5,12-13,15H,3,6-11,19H2;1H. The Hall–Kier alpha value is -0.970. The van der Waals surface area contributed by atoms with Gasteiger partial charge in [0.05, 0.1) is 11.6 Å². The van der Waals surface area contributed by atoms with E-state index in [4.69, 9.17) is 22.1 Å². The number of carbonyl (C=O) groups is 1. The molecule has 0 spiro atoms. The Kier molecular flexibility index (Phi) is 6.57. The molecular formula is C17H24Cl2N2O2. The van der Waals surface area contributed by atoms with E-state index in [0.717, 1.165) is 19.5 Å². The quantitative estimate of drug-likeness (QED) is 0.822. The first-order valence-corrected chi connectivity index (χ1v) is 8.43. The van der Waals surface area contributed by atoms with Crippen molar-refractivity contribution in [1.29, 1.82) is 0 Å². The zero-order valence-electron chi connectivity index (χ0n) is 13.1. The number of benzene rings is 1. The Morgan fingerprint density at radius 3 is 2.83 bits per heavy atom. The van der Waals surface area contributed by atoms with Gasteiger partial charge >= 0.3 is 0 Å². The highest BCUT2D eigenvalue weighted by Crippen LogP contribution is 2.37. The van der Waals surface area contributed by atoms with Gasteiger partial charge in [0.15, 0.2) is 0 Å². The summed E-state index contributed by atoms with van der Waals surface area (Å²) in [5.74, 6) is 2.05. The molecule has 3 atom stereocenters. The zero-order chi connectivity index (χ0) is 15.5. The minimum Gasteiger partial charge on any atom is -0.492 e. The highest BCUT2D eigenvalue weighted by molar-refractivity contribution is 6.32. The van der Waals surface area contributed by atoms with Crippen LogP contribution in [0.4, 0.5) is 0 Å². The number of halogens is 2. The van der Waals surface area contributed by atoms with E-state index in [2.05, 4.69) is 0 Å². The Labute approximate surface area is 148 Å². The van der Waals surface area contributed by atoms with Crippen LogP contribution in [0.3, 0.4) is 0 Å². The lowest BCUT2D eigenvalue weighted by Gasteiger charge is -2.18. The summed E-state index contributed by atoms with van der Waals surface area (Å²) in [4.78, 5) is 14.3. The fourth-order valence-corrected chi connectivity index (χ4v) is 3.83. The summed E-state index contributed by atoms with van der Waals surface area (Å²) in [5.41, 5.74) is 6.11. The largest absolute Gasteiger partial charge is 0.492 e. The molecule has 1 aliphatic heterocycles. The van der Waals surface area contributed by atoms with E-state index in [9.17, 15) is 4.79 Å². The van der Waals surface area contributed by atoms with Crippen molar-refractivity contribution in [1.82, 2.24) is 4.90 Å². The van der Waals surface area contributed by atoms with E-state index >= 15 is 0 Å². The van der Waals surface area contributed by atoms with Crippen molar-refractivity contribution >= 4 is 29.9 Å². The molecule has 23 heavy (non-hydrogen) atoms. The van der Waals surface area contributed by atoms with Crippen LogP contribution in [-0.2, 0) is 4.79 Å². The maximum Gasteiger partial charge on any atom is 0.222 e. The molecule has 0 aromatic heterocycles. The third-order valence-electron chi connectivity index (χ3n) is 4.89. The van der Waals surface area contributed by atoms with Gasteiger partial charge in [-0.1, -0.05) is 23.7 Å². The summed E-state index contributed by atoms with van der Waals surface area (Å²) in [7, 11) is 0. The smallest absolute Gasteiger partial charge is 0.222 e. The third kappa shape index (κ3) is 4.31. The number of nitrogens with zero attached hydrogens (tertiary/aromatic N) is 1. The van der Waals surface area contributed by atoms with E-state index in [1.165, 1.54) is 6.42 Å². The van der Waals surface area contributed by atoms with Crippen LogP contribution in [0.25, 0.3) is 0 Å². The van der Waals surface area contributed by atoms with Crippen molar-refractivity contribution in [2.24, 2.45) is 17.6 Å². The van der Waals surface area contributed by atoms with Gasteiger partial charge in [0, 0.05) is 25.6 Å². The van der Waals surface area contributed by atoms with Crippen LogP contribution in [0.2, 0.25) is 5.02 Å². The molecule has 1 aliphatic carbocycles. The zero-order valence-corrected chi connectivity index (χ0v) is 14.7. The fraction of sp³-hybridized carbons (Fsp3) is 0.588. The molecular weight excluding hydrogens is 335 g/mol. The molecule has 1 heterocycles. The van der Waals surface area contributed by atoms with Crippen molar-refractivity contribution < 1.29 is 9.53 Å². The lowest BCUT2D eigenvalue weighted by atomic mass is 9.98. The van der Waals surface area contributed by atoms with E-state index in [0.29, 0.717) is 42.1 Å². The van der Waals surface area contributed by atoms with Crippen molar-refractivity contribution in [3.05, 3.63) is 29.3 Å². The van der Waals surface area contributed by atoms with Gasteiger partial charge in [0.2, 0.25) is 5.91 Å². The van der Waals surface area contributed by atoms with Crippen LogP contribution in [0.15, 0.2) is 24.3 Å². The summed E-state index contributed by atoms with van der Waals surface area (Å²) in [6, 6.07) is 7.68. The summed E-state index contributed by atoms with van der Waals surface area (Å²) < 4.78 is 5.62. The van der Waals surface area contributed by atoms with Gasteiger partial charge in [-0.25, -0.2) is 0 Å². The monoisotopic (exact) mass is 358 g/mol. The first-order valence-electron chi connectivity index (χ1n) is 8.06. The molecule has 1 saturated carbocycles. The van der Waals surface area contributed by atoms with Gasteiger partial charge in [-0.05, 0) is 43.2 Å². The maximum atomic E-state index is 12.3. The normalized spacial score (nSPS) is 25.8. The molecule has 3 rings (SSSR count). The number of para-hydroxylation sites is 1. The number of rotatable bonds is 5. The van der Waals surface area contributed by atoms with Crippen LogP contribution in [0.5, 0.6) is 5.75 Å². The molecule has 1 aromatic carbocycles. The Morgan fingerprint density at radius 1 is 1.30 bits per heavy atom. The number of hydrogen-bond acceptors (Lipinski definition) is 3. The predicted molar refractivity (Wildman–Crippen MR) is 94.2 cm³/mol. The number of hydrogen-bond donors (Lipinski definition) is 1. The van der Waals surface area contributed by atoms with Crippen molar-refractivity contribution in [2.45, 2.75) is 31.7 Å². The van der Waals surface area contributed by atoms with E-state index in [-0.39, 0.29) is 24.4 Å². The molecule has 2 N–H and O–H groups in total. The summed E-state index contributed by atoms with van der Waals surface area (Å²) >= 11 is 6.03. The number of fused-ring (bicyclic) bond motifs is 1. The minimum absolute atomic E-state index is 0. The van der Waals surface area contributed by atoms with E-state index < -0.39 is 0 Å². The summed E-state index contributed by atoms with van der Waals surface area (Å²) in [6.07, 6.45) is 3.52. The van der Waals surface area contributed by atoms with Crippen LogP contribution in [-0.4, -0.2) is 36.5 Å². The summed E-state index contributed by atoms with van der Waals surface area (Å²) in [5, 5.41) is 0.607. The highest BCUT2D eigenvalue weighted by atomic mass is 35.5. The van der Waals surface area contributed by atoms with Crippen LogP contribution in [0.1, 0.15) is 25.7 Å². The van der Waals surface area contributed by atoms with Crippen molar-refractivity contribution in [2.75, 3.05) is 19.7 Å². The fourth-order valence-electron chi connectivity index (χ4n) is 3.64. The maximum absolute atomic E-state index is 12.3. The van der Waals surface area contributed by atoms with Crippen LogP contribution < -0.4 is 10.5 Å². The minimum atomic E-state index is 0. The average Bonchev–Trinajstić information content (AvgIpc) is 3.08. The average molecular weight is 359 g/mol. The number of ether oxygens (including phenoxy) is 1. The molecule has 1 saturated heterocycles. The summed E-state index contributed by atoms with van der Waals surface area (Å²) in [6.45, 7) is 2.24. The molecule has 128 valence electrons. The van der Waals surface area contributed by atoms with Crippen molar-refractivity contribution in [3.63, 3.8) is 0 Å². The molecule has 3 unspecified atom stereocenters. The molecule has 2 aliphatic rings. The second kappa shape index (κ2) is 8.22. The van der Waals surface area contributed by atoms with Crippen molar-refractivity contribution in [3.8, 4) is 5.75 Å². The predicted octanol–water partition coefficient (Wildman–Crippen LogP) is 3.12. The van der Waals surface area contributed by atoms with Crippen LogP contribution >= 0.6 is 24.0 Å². The lowest BCUT2D eigenvalue weighted by molar-refractivity contribution is -0.130. The molecule has 0 bridgehead atoms. The highest BCUT2D eigenvalue weighted by Gasteiger charge is 2.42. The first-order chi connectivity index (χ1) is 10.6. The second-order valence-electron chi connectivity index (χ2n) is 6.35. The molecule has 1 amide bonds.